The van der Waals surface area contributed by atoms with Crippen LogP contribution in [-0.4, -0.2) is 47.8 Å². The summed E-state index contributed by atoms with van der Waals surface area (Å²) in [6.45, 7) is 3.26. The Morgan fingerprint density at radius 3 is 3.18 bits per heavy atom. The average Bonchev–Trinajstić information content (AvgIpc) is 3.09. The number of aldehydes is 1. The lowest BCUT2D eigenvalue weighted by molar-refractivity contribution is 0.0906. The summed E-state index contributed by atoms with van der Waals surface area (Å²) in [7, 11) is 0. The molecule has 2 saturated heterocycles. The third-order valence-corrected chi connectivity index (χ3v) is 5.68. The molecule has 2 aliphatic rings. The molecule has 6 heteroatoms. The van der Waals surface area contributed by atoms with Gasteiger partial charge in [-0.3, -0.25) is 9.59 Å². The van der Waals surface area contributed by atoms with E-state index in [2.05, 4.69) is 15.2 Å². The molecule has 2 fully saturated rings. The molecule has 114 valence electrons. The van der Waals surface area contributed by atoms with E-state index < -0.39 is 0 Å². The molecule has 22 heavy (non-hydrogen) atoms. The zero-order chi connectivity index (χ0) is 15.1. The maximum Gasteiger partial charge on any atom is 0.271 e. The van der Waals surface area contributed by atoms with Gasteiger partial charge in [-0.25, -0.2) is 4.98 Å². The Balaban J connectivity index is 1.58. The Morgan fingerprint density at radius 2 is 2.36 bits per heavy atom. The van der Waals surface area contributed by atoms with Crippen molar-refractivity contribution < 1.29 is 9.59 Å². The van der Waals surface area contributed by atoms with Gasteiger partial charge in [-0.15, -0.1) is 11.3 Å². The van der Waals surface area contributed by atoms with Crippen molar-refractivity contribution in [2.45, 2.75) is 18.9 Å². The van der Waals surface area contributed by atoms with E-state index in [0.29, 0.717) is 17.2 Å². The molecule has 0 saturated carbocycles. The van der Waals surface area contributed by atoms with Crippen molar-refractivity contribution in [3.05, 3.63) is 28.9 Å². The summed E-state index contributed by atoms with van der Waals surface area (Å²) in [5.74, 6) is 0.587. The first-order chi connectivity index (χ1) is 10.7. The summed E-state index contributed by atoms with van der Waals surface area (Å²) in [4.78, 5) is 30.3. The molecule has 4 heterocycles. The summed E-state index contributed by atoms with van der Waals surface area (Å²) < 4.78 is 0.793. The van der Waals surface area contributed by atoms with Crippen molar-refractivity contribution in [1.29, 1.82) is 0 Å². The number of piperidine rings is 1. The van der Waals surface area contributed by atoms with Gasteiger partial charge in [0.15, 0.2) is 6.29 Å². The minimum absolute atomic E-state index is 0.127. The van der Waals surface area contributed by atoms with E-state index in [1.807, 2.05) is 0 Å². The van der Waals surface area contributed by atoms with Crippen LogP contribution in [0.4, 0.5) is 0 Å². The smallest absolute Gasteiger partial charge is 0.271 e. The van der Waals surface area contributed by atoms with Crippen LogP contribution in [-0.2, 0) is 0 Å². The normalized spacial score (nSPS) is 27.0. The molecule has 5 nitrogen and oxygen atoms in total. The Hall–Kier alpha value is -1.79. The zero-order valence-corrected chi connectivity index (χ0v) is 12.9. The van der Waals surface area contributed by atoms with E-state index >= 15 is 0 Å². The number of carbonyl (C=O) groups is 2. The van der Waals surface area contributed by atoms with Crippen LogP contribution in [0.3, 0.4) is 0 Å². The van der Waals surface area contributed by atoms with Crippen LogP contribution in [0.5, 0.6) is 0 Å². The molecule has 0 spiro atoms. The Labute approximate surface area is 132 Å². The van der Waals surface area contributed by atoms with Crippen LogP contribution >= 0.6 is 11.3 Å². The van der Waals surface area contributed by atoms with E-state index in [4.69, 9.17) is 0 Å². The highest BCUT2D eigenvalue weighted by atomic mass is 32.1. The average molecular weight is 315 g/mol. The van der Waals surface area contributed by atoms with Gasteiger partial charge in [0, 0.05) is 41.7 Å². The molecule has 0 radical (unpaired) electrons. The second-order valence-corrected chi connectivity index (χ2v) is 7.05. The van der Waals surface area contributed by atoms with Crippen molar-refractivity contribution in [3.63, 3.8) is 0 Å². The van der Waals surface area contributed by atoms with Crippen LogP contribution in [0.1, 0.15) is 33.7 Å². The molecule has 2 aliphatic heterocycles. The minimum atomic E-state index is -0.127. The number of nitrogens with zero attached hydrogens (tertiary/aromatic N) is 2. The van der Waals surface area contributed by atoms with Crippen LogP contribution in [0.2, 0.25) is 0 Å². The van der Waals surface area contributed by atoms with E-state index in [1.54, 1.807) is 17.6 Å². The van der Waals surface area contributed by atoms with Crippen LogP contribution in [0.15, 0.2) is 17.6 Å². The van der Waals surface area contributed by atoms with Crippen molar-refractivity contribution in [3.8, 4) is 0 Å². The summed E-state index contributed by atoms with van der Waals surface area (Å²) in [5.41, 5.74) is 1.06. The standard InChI is InChI=1S/C16H17N3O2S/c20-8-11-9-22-15-13(11)1-3-17-14(15)16(21)18-12-5-10-2-4-19(6-10)7-12/h1,3,8-10,12H,2,4-7H2,(H,18,21)/t10-,12-/m1/s1. The number of pyridine rings is 1. The quantitative estimate of drug-likeness (QED) is 0.879. The van der Waals surface area contributed by atoms with Crippen molar-refractivity contribution in [1.82, 2.24) is 15.2 Å². The molecular formula is C16H17N3O2S. The van der Waals surface area contributed by atoms with Gasteiger partial charge in [-0.2, -0.15) is 0 Å². The number of thiophene rings is 1. The fraction of sp³-hybridized carbons (Fsp3) is 0.438. The first kappa shape index (κ1) is 13.8. The van der Waals surface area contributed by atoms with E-state index in [9.17, 15) is 9.59 Å². The van der Waals surface area contributed by atoms with Crippen LogP contribution in [0, 0.1) is 5.92 Å². The van der Waals surface area contributed by atoms with E-state index in [-0.39, 0.29) is 11.9 Å². The largest absolute Gasteiger partial charge is 0.347 e. The summed E-state index contributed by atoms with van der Waals surface area (Å²) in [6.07, 6.45) is 4.73. The molecule has 2 aromatic heterocycles. The third kappa shape index (κ3) is 2.32. The van der Waals surface area contributed by atoms with Gasteiger partial charge >= 0.3 is 0 Å². The Bertz CT molecular complexity index is 730. The van der Waals surface area contributed by atoms with Crippen LogP contribution < -0.4 is 5.32 Å². The SMILES string of the molecule is O=Cc1csc2c(C(=O)N[C@@H]3C[C@H]4CCN(C4)C3)nccc12. The maximum atomic E-state index is 12.6. The highest BCUT2D eigenvalue weighted by Crippen LogP contribution is 2.29. The molecular weight excluding hydrogens is 298 g/mol. The predicted octanol–water partition coefficient (Wildman–Crippen LogP) is 1.93. The number of aromatic nitrogens is 1. The van der Waals surface area contributed by atoms with Gasteiger partial charge < -0.3 is 10.2 Å². The summed E-state index contributed by atoms with van der Waals surface area (Å²) in [5, 5.41) is 5.72. The van der Waals surface area contributed by atoms with Gasteiger partial charge in [0.25, 0.3) is 5.91 Å². The van der Waals surface area contributed by atoms with Gasteiger partial charge in [-0.1, -0.05) is 0 Å². The molecule has 4 rings (SSSR count). The lowest BCUT2D eigenvalue weighted by Crippen LogP contribution is -2.47. The molecule has 0 aromatic carbocycles. The molecule has 3 atom stereocenters. The number of nitrogens with one attached hydrogen (secondary N) is 1. The lowest BCUT2D eigenvalue weighted by Gasteiger charge is -2.30. The van der Waals surface area contributed by atoms with Gasteiger partial charge in [0.2, 0.25) is 0 Å². The maximum absolute atomic E-state index is 12.6. The molecule has 2 bridgehead atoms. The zero-order valence-electron chi connectivity index (χ0n) is 12.1. The van der Waals surface area contributed by atoms with Gasteiger partial charge in [0.1, 0.15) is 5.69 Å². The van der Waals surface area contributed by atoms with E-state index in [1.165, 1.54) is 24.3 Å². The number of rotatable bonds is 3. The molecule has 2 aromatic rings. The number of hydrogen-bond donors (Lipinski definition) is 1. The molecule has 1 N–H and O–H groups in total. The Kier molecular flexibility index (Phi) is 3.43. The second-order valence-electron chi connectivity index (χ2n) is 6.17. The first-order valence-electron chi connectivity index (χ1n) is 7.59. The summed E-state index contributed by atoms with van der Waals surface area (Å²) >= 11 is 1.40. The van der Waals surface area contributed by atoms with Crippen molar-refractivity contribution >= 4 is 33.6 Å². The number of carbonyl (C=O) groups excluding carboxylic acids is 2. The highest BCUT2D eigenvalue weighted by Gasteiger charge is 2.33. The van der Waals surface area contributed by atoms with Crippen molar-refractivity contribution in [2.75, 3.05) is 19.6 Å². The first-order valence-corrected chi connectivity index (χ1v) is 8.47. The highest BCUT2D eigenvalue weighted by molar-refractivity contribution is 7.18. The lowest BCUT2D eigenvalue weighted by atomic mass is 9.97. The monoisotopic (exact) mass is 315 g/mol. The fourth-order valence-corrected chi connectivity index (χ4v) is 4.65. The molecule has 1 amide bonds. The number of hydrogen-bond acceptors (Lipinski definition) is 5. The Morgan fingerprint density at radius 1 is 1.45 bits per heavy atom. The van der Waals surface area contributed by atoms with Gasteiger partial charge in [0.05, 0.1) is 4.70 Å². The second kappa shape index (κ2) is 5.44. The number of amides is 1. The fourth-order valence-electron chi connectivity index (χ4n) is 3.65. The van der Waals surface area contributed by atoms with Crippen molar-refractivity contribution in [2.24, 2.45) is 5.92 Å². The third-order valence-electron chi connectivity index (χ3n) is 4.66. The minimum Gasteiger partial charge on any atom is -0.347 e. The summed E-state index contributed by atoms with van der Waals surface area (Å²) in [6, 6.07) is 2.00. The van der Waals surface area contributed by atoms with Crippen LogP contribution in [0.25, 0.3) is 10.1 Å². The topological polar surface area (TPSA) is 62.3 Å². The predicted molar refractivity (Wildman–Crippen MR) is 85.4 cm³/mol. The molecule has 0 aliphatic carbocycles. The van der Waals surface area contributed by atoms with Gasteiger partial charge in [-0.05, 0) is 31.4 Å². The molecule has 1 unspecified atom stereocenters. The van der Waals surface area contributed by atoms with E-state index in [0.717, 1.165) is 35.9 Å². The number of fused-ring (bicyclic) bond motifs is 3.